The maximum atomic E-state index is 10.7. The smallest absolute Gasteiger partial charge is 0.258 e. The van der Waals surface area contributed by atoms with E-state index in [0.717, 1.165) is 12.0 Å². The summed E-state index contributed by atoms with van der Waals surface area (Å²) in [5.74, 6) is 0.335. The fraction of sp³-hybridized carbons (Fsp3) is 0.333. The number of hydrogen-bond acceptors (Lipinski definition) is 2. The van der Waals surface area contributed by atoms with Crippen molar-refractivity contribution in [3.8, 4) is 0 Å². The summed E-state index contributed by atoms with van der Waals surface area (Å²) in [6.45, 7) is 0. The highest BCUT2D eigenvalue weighted by molar-refractivity contribution is 9.09. The molecule has 0 saturated heterocycles. The fourth-order valence-electron chi connectivity index (χ4n) is 1.45. The number of rotatable bonds is 2. The van der Waals surface area contributed by atoms with Gasteiger partial charge in [-0.15, -0.1) is 0 Å². The molecule has 0 aromatic heterocycles. The lowest BCUT2D eigenvalue weighted by Gasteiger charge is -1.99. The van der Waals surface area contributed by atoms with Crippen molar-refractivity contribution >= 4 is 21.6 Å². The summed E-state index contributed by atoms with van der Waals surface area (Å²) in [5.41, 5.74) is 1.10. The van der Waals surface area contributed by atoms with Gasteiger partial charge in [-0.05, 0) is 6.42 Å². The molecule has 0 radical (unpaired) electrons. The van der Waals surface area contributed by atoms with Gasteiger partial charge in [0.1, 0.15) is 0 Å². The van der Waals surface area contributed by atoms with E-state index in [4.69, 9.17) is 0 Å². The second-order valence-corrected chi connectivity index (χ2v) is 4.35. The van der Waals surface area contributed by atoms with E-state index in [9.17, 15) is 10.1 Å². The minimum atomic E-state index is -0.312. The van der Waals surface area contributed by atoms with Gasteiger partial charge in [0.15, 0.2) is 0 Å². The van der Waals surface area contributed by atoms with Gasteiger partial charge < -0.3 is 0 Å². The third-order valence-corrected chi connectivity index (χ3v) is 3.26. The van der Waals surface area contributed by atoms with Crippen LogP contribution in [0, 0.1) is 10.1 Å². The first-order valence-corrected chi connectivity index (χ1v) is 4.99. The van der Waals surface area contributed by atoms with Crippen LogP contribution in [0.1, 0.15) is 17.9 Å². The van der Waals surface area contributed by atoms with Crippen molar-refractivity contribution < 1.29 is 4.92 Å². The summed E-state index contributed by atoms with van der Waals surface area (Å²) in [4.78, 5) is 10.8. The highest BCUT2D eigenvalue weighted by atomic mass is 79.9. The molecule has 1 aromatic carbocycles. The molecule has 1 aromatic rings. The van der Waals surface area contributed by atoms with Crippen LogP contribution in [0.25, 0.3) is 0 Å². The number of para-hydroxylation sites is 1. The lowest BCUT2D eigenvalue weighted by atomic mass is 10.1. The van der Waals surface area contributed by atoms with Crippen LogP contribution in [-0.2, 0) is 0 Å². The Bertz CT molecular complexity index is 353. The molecule has 0 bridgehead atoms. The van der Waals surface area contributed by atoms with E-state index in [1.54, 1.807) is 12.1 Å². The average Bonchev–Trinajstić information content (AvgIpc) is 2.82. The molecular formula is C9H8BrNO2. The second kappa shape index (κ2) is 3.10. The van der Waals surface area contributed by atoms with Crippen molar-refractivity contribution in [2.45, 2.75) is 17.2 Å². The minimum Gasteiger partial charge on any atom is -0.258 e. The molecular weight excluding hydrogens is 234 g/mol. The minimum absolute atomic E-state index is 0.245. The van der Waals surface area contributed by atoms with E-state index in [-0.39, 0.29) is 10.6 Å². The summed E-state index contributed by atoms with van der Waals surface area (Å²) >= 11 is 3.45. The molecule has 2 atom stereocenters. The zero-order valence-electron chi connectivity index (χ0n) is 6.81. The first kappa shape index (κ1) is 8.69. The van der Waals surface area contributed by atoms with Gasteiger partial charge in [-0.1, -0.05) is 34.1 Å². The Morgan fingerprint density at radius 3 is 2.62 bits per heavy atom. The maximum Gasteiger partial charge on any atom is 0.272 e. The topological polar surface area (TPSA) is 43.1 Å². The molecule has 4 heteroatoms. The monoisotopic (exact) mass is 241 g/mol. The van der Waals surface area contributed by atoms with Crippen LogP contribution < -0.4 is 0 Å². The van der Waals surface area contributed by atoms with Crippen LogP contribution in [0.5, 0.6) is 0 Å². The number of hydrogen-bond donors (Lipinski definition) is 0. The van der Waals surface area contributed by atoms with Gasteiger partial charge in [-0.25, -0.2) is 0 Å². The van der Waals surface area contributed by atoms with Gasteiger partial charge in [0.2, 0.25) is 0 Å². The Morgan fingerprint density at radius 1 is 1.46 bits per heavy atom. The quantitative estimate of drug-likeness (QED) is 0.454. The van der Waals surface area contributed by atoms with Crippen LogP contribution in [0.4, 0.5) is 5.69 Å². The molecule has 0 spiro atoms. The number of alkyl halides is 1. The molecule has 0 heterocycles. The lowest BCUT2D eigenvalue weighted by molar-refractivity contribution is -0.385. The predicted octanol–water partition coefficient (Wildman–Crippen LogP) is 2.85. The van der Waals surface area contributed by atoms with Crippen molar-refractivity contribution in [2.75, 3.05) is 0 Å². The highest BCUT2D eigenvalue weighted by Crippen LogP contribution is 2.49. The van der Waals surface area contributed by atoms with Crippen LogP contribution in [0.2, 0.25) is 0 Å². The van der Waals surface area contributed by atoms with Crippen LogP contribution >= 0.6 is 15.9 Å². The van der Waals surface area contributed by atoms with Gasteiger partial charge >= 0.3 is 0 Å². The standard InChI is InChI=1S/C9H8BrNO2/c10-8-5-7(8)6-3-1-2-4-9(6)11(12)13/h1-4,7-8H,5H2/t7-,8+/m1/s1. The Hall–Kier alpha value is -0.900. The highest BCUT2D eigenvalue weighted by Gasteiger charge is 2.39. The van der Waals surface area contributed by atoms with Crippen molar-refractivity contribution in [1.29, 1.82) is 0 Å². The second-order valence-electron chi connectivity index (χ2n) is 3.17. The third kappa shape index (κ3) is 1.58. The number of benzene rings is 1. The maximum absolute atomic E-state index is 10.7. The molecule has 1 aliphatic rings. The summed E-state index contributed by atoms with van der Waals surface area (Å²) in [6.07, 6.45) is 1.00. The van der Waals surface area contributed by atoms with E-state index >= 15 is 0 Å². The van der Waals surface area contributed by atoms with E-state index in [2.05, 4.69) is 15.9 Å². The predicted molar refractivity (Wildman–Crippen MR) is 53.2 cm³/mol. The van der Waals surface area contributed by atoms with E-state index in [1.807, 2.05) is 12.1 Å². The number of halogens is 1. The van der Waals surface area contributed by atoms with Crippen molar-refractivity contribution in [3.05, 3.63) is 39.9 Å². The summed E-state index contributed by atoms with van der Waals surface area (Å²) in [6, 6.07) is 6.95. The Morgan fingerprint density at radius 2 is 2.08 bits per heavy atom. The fourth-order valence-corrected chi connectivity index (χ4v) is 2.14. The first-order chi connectivity index (χ1) is 6.20. The van der Waals surface area contributed by atoms with Gasteiger partial charge in [0.05, 0.1) is 4.92 Å². The molecule has 3 nitrogen and oxygen atoms in total. The first-order valence-electron chi connectivity index (χ1n) is 4.07. The van der Waals surface area contributed by atoms with E-state index < -0.39 is 0 Å². The molecule has 0 unspecified atom stereocenters. The molecule has 0 aliphatic heterocycles. The molecule has 2 rings (SSSR count). The summed E-state index contributed by atoms with van der Waals surface area (Å²) in [5, 5.41) is 10.7. The van der Waals surface area contributed by atoms with Crippen LogP contribution in [0.3, 0.4) is 0 Å². The molecule has 1 aliphatic carbocycles. The Balaban J connectivity index is 2.38. The SMILES string of the molecule is O=[N+]([O-])c1ccccc1[C@H]1C[C@@H]1Br. The van der Waals surface area contributed by atoms with Crippen LogP contribution in [-0.4, -0.2) is 9.75 Å². The van der Waals surface area contributed by atoms with E-state index in [1.165, 1.54) is 0 Å². The van der Waals surface area contributed by atoms with Gasteiger partial charge in [-0.3, -0.25) is 10.1 Å². The molecule has 13 heavy (non-hydrogen) atoms. The van der Waals surface area contributed by atoms with Crippen molar-refractivity contribution in [3.63, 3.8) is 0 Å². The molecule has 0 amide bonds. The Kier molecular flexibility index (Phi) is 2.07. The van der Waals surface area contributed by atoms with Gasteiger partial charge in [0.25, 0.3) is 5.69 Å². The number of nitrogens with zero attached hydrogens (tertiary/aromatic N) is 1. The van der Waals surface area contributed by atoms with Gasteiger partial charge in [0, 0.05) is 22.4 Å². The number of nitro groups is 1. The molecule has 0 N–H and O–H groups in total. The molecule has 1 saturated carbocycles. The molecule has 1 fully saturated rings. The Labute approximate surface area is 84.0 Å². The normalized spacial score (nSPS) is 25.6. The average molecular weight is 242 g/mol. The molecule has 68 valence electrons. The van der Waals surface area contributed by atoms with Gasteiger partial charge in [-0.2, -0.15) is 0 Å². The van der Waals surface area contributed by atoms with E-state index in [0.29, 0.717) is 10.7 Å². The number of nitro benzene ring substituents is 1. The van der Waals surface area contributed by atoms with Crippen molar-refractivity contribution in [2.24, 2.45) is 0 Å². The third-order valence-electron chi connectivity index (χ3n) is 2.25. The van der Waals surface area contributed by atoms with Crippen LogP contribution in [0.15, 0.2) is 24.3 Å². The largest absolute Gasteiger partial charge is 0.272 e. The summed E-state index contributed by atoms with van der Waals surface area (Å²) < 4.78 is 0. The summed E-state index contributed by atoms with van der Waals surface area (Å²) in [7, 11) is 0. The van der Waals surface area contributed by atoms with Crippen molar-refractivity contribution in [1.82, 2.24) is 0 Å². The zero-order chi connectivity index (χ0) is 9.42. The lowest BCUT2D eigenvalue weighted by Crippen LogP contribution is -1.93. The zero-order valence-corrected chi connectivity index (χ0v) is 8.40.